The number of pyridine rings is 1. The maximum Gasteiger partial charge on any atom is 0.306 e. The summed E-state index contributed by atoms with van der Waals surface area (Å²) in [6.07, 6.45) is 14.8. The number of aliphatic carboxylic acids is 1. The van der Waals surface area contributed by atoms with E-state index in [0.717, 1.165) is 42.6 Å². The summed E-state index contributed by atoms with van der Waals surface area (Å²) in [6, 6.07) is 11.1. The number of hydrogen-bond donors (Lipinski definition) is 1. The van der Waals surface area contributed by atoms with Crippen LogP contribution in [0.25, 0.3) is 11.1 Å². The lowest BCUT2D eigenvalue weighted by molar-refractivity contribution is -0.144. The van der Waals surface area contributed by atoms with Gasteiger partial charge < -0.3 is 9.84 Å². The Morgan fingerprint density at radius 1 is 0.952 bits per heavy atom. The molecule has 42 heavy (non-hydrogen) atoms. The number of rotatable bonds is 9. The third kappa shape index (κ3) is 6.22. The van der Waals surface area contributed by atoms with Crippen molar-refractivity contribution in [1.29, 1.82) is 0 Å². The number of methoxy groups -OCH3 is 1. The first kappa shape index (κ1) is 28.4. The molecule has 6 rings (SSSR count). The highest BCUT2D eigenvalue weighted by Gasteiger charge is 2.35. The molecule has 1 amide bonds. The van der Waals surface area contributed by atoms with Crippen molar-refractivity contribution in [2.45, 2.75) is 83.1 Å². The molecule has 1 N–H and O–H groups in total. The van der Waals surface area contributed by atoms with Crippen molar-refractivity contribution in [3.8, 4) is 16.9 Å². The number of carboxylic acid groups (broad SMARTS) is 1. The Hall–Kier alpha value is -3.68. The summed E-state index contributed by atoms with van der Waals surface area (Å²) < 4.78 is 7.50. The fourth-order valence-electron chi connectivity index (χ4n) is 6.97. The van der Waals surface area contributed by atoms with Crippen LogP contribution in [0, 0.1) is 24.7 Å². The van der Waals surface area contributed by atoms with Gasteiger partial charge >= 0.3 is 5.97 Å². The minimum atomic E-state index is -0.748. The van der Waals surface area contributed by atoms with Crippen LogP contribution < -0.4 is 9.64 Å². The van der Waals surface area contributed by atoms with E-state index in [0.29, 0.717) is 55.9 Å². The second-order valence-corrected chi connectivity index (χ2v) is 12.6. The Labute approximate surface area is 248 Å². The molecule has 3 fully saturated rings. The summed E-state index contributed by atoms with van der Waals surface area (Å²) >= 11 is 0. The highest BCUT2D eigenvalue weighted by atomic mass is 16.5. The lowest BCUT2D eigenvalue weighted by atomic mass is 9.78. The van der Waals surface area contributed by atoms with Gasteiger partial charge in [-0.3, -0.25) is 19.2 Å². The average Bonchev–Trinajstić information content (AvgIpc) is 3.75. The minimum Gasteiger partial charge on any atom is -0.496 e. The molecular formula is C34H42N4O4. The minimum absolute atomic E-state index is 0.0880. The van der Waals surface area contributed by atoms with Crippen molar-refractivity contribution in [3.63, 3.8) is 0 Å². The molecule has 8 nitrogen and oxygen atoms in total. The number of carboxylic acids is 1. The summed E-state index contributed by atoms with van der Waals surface area (Å²) in [5.41, 5.74) is 4.59. The first-order chi connectivity index (χ1) is 20.4. The van der Waals surface area contributed by atoms with Crippen LogP contribution >= 0.6 is 0 Å². The van der Waals surface area contributed by atoms with Gasteiger partial charge in [-0.2, -0.15) is 5.10 Å². The van der Waals surface area contributed by atoms with Crippen LogP contribution in [0.4, 0.5) is 5.82 Å². The number of ether oxygens (including phenoxy) is 1. The molecule has 2 heterocycles. The summed E-state index contributed by atoms with van der Waals surface area (Å²) in [4.78, 5) is 32.2. The first-order valence-corrected chi connectivity index (χ1v) is 15.6. The van der Waals surface area contributed by atoms with E-state index in [1.807, 2.05) is 27.9 Å². The third-order valence-corrected chi connectivity index (χ3v) is 9.75. The lowest BCUT2D eigenvalue weighted by Crippen LogP contribution is -2.42. The molecule has 0 atom stereocenters. The van der Waals surface area contributed by atoms with Gasteiger partial charge in [-0.05, 0) is 118 Å². The van der Waals surface area contributed by atoms with Crippen molar-refractivity contribution in [3.05, 3.63) is 60.0 Å². The molecule has 1 aromatic carbocycles. The van der Waals surface area contributed by atoms with Crippen LogP contribution in [0.1, 0.15) is 87.3 Å². The van der Waals surface area contributed by atoms with Gasteiger partial charge in [0.25, 0.3) is 0 Å². The van der Waals surface area contributed by atoms with E-state index in [-0.39, 0.29) is 17.7 Å². The molecule has 0 radical (unpaired) electrons. The Kier molecular flexibility index (Phi) is 8.31. The molecule has 8 heteroatoms. The number of carbonyl (C=O) groups excluding carboxylic acids is 1. The van der Waals surface area contributed by atoms with E-state index >= 15 is 0 Å². The number of anilines is 1. The SMILES string of the molecule is COc1ccc([C@H]2CC[C@H](CN(c3cc(-c4cnn(C5CC5)c4)ccn3)C(=O)[C@H]3CC[C@H](C(=O)O)CC3)CC2)cc1C. The molecule has 2 aromatic heterocycles. The fourth-order valence-corrected chi connectivity index (χ4v) is 6.97. The summed E-state index contributed by atoms with van der Waals surface area (Å²) in [5.74, 6) is 1.35. The summed E-state index contributed by atoms with van der Waals surface area (Å²) in [7, 11) is 1.71. The van der Waals surface area contributed by atoms with Crippen LogP contribution in [0.3, 0.4) is 0 Å². The molecule has 3 aromatic rings. The van der Waals surface area contributed by atoms with Crippen molar-refractivity contribution in [1.82, 2.24) is 14.8 Å². The number of nitrogens with zero attached hydrogens (tertiary/aromatic N) is 4. The number of aryl methyl sites for hydroxylation is 1. The van der Waals surface area contributed by atoms with E-state index in [2.05, 4.69) is 36.4 Å². The third-order valence-electron chi connectivity index (χ3n) is 9.75. The average molecular weight is 571 g/mol. The van der Waals surface area contributed by atoms with Gasteiger partial charge in [0.1, 0.15) is 11.6 Å². The van der Waals surface area contributed by atoms with E-state index in [1.54, 1.807) is 13.3 Å². The van der Waals surface area contributed by atoms with Gasteiger partial charge in [-0.1, -0.05) is 12.1 Å². The predicted octanol–water partition coefficient (Wildman–Crippen LogP) is 6.80. The number of amides is 1. The Bertz CT molecular complexity index is 1410. The van der Waals surface area contributed by atoms with Crippen molar-refractivity contribution in [2.75, 3.05) is 18.6 Å². The van der Waals surface area contributed by atoms with Gasteiger partial charge in [0.15, 0.2) is 0 Å². The maximum absolute atomic E-state index is 14.1. The number of aromatic nitrogens is 3. The number of hydrogen-bond acceptors (Lipinski definition) is 5. The van der Waals surface area contributed by atoms with Gasteiger partial charge in [-0.15, -0.1) is 0 Å². The highest BCUT2D eigenvalue weighted by molar-refractivity contribution is 5.95. The number of carbonyl (C=O) groups is 2. The van der Waals surface area contributed by atoms with E-state index < -0.39 is 5.97 Å². The standard InChI is InChI=1S/C34H42N4O4/c1-22-17-27(11-14-31(22)42-2)24-5-3-23(4-6-24)20-37(33(39)25-7-9-26(10-8-25)34(40)41)32-18-28(15-16-35-32)29-19-36-38(21-29)30-12-13-30/h11,14-19,21,23-26,30H,3-10,12-13,20H2,1-2H3,(H,40,41)/t23-,24-,25-,26-. The lowest BCUT2D eigenvalue weighted by Gasteiger charge is -2.35. The van der Waals surface area contributed by atoms with E-state index in [9.17, 15) is 14.7 Å². The number of benzene rings is 1. The highest BCUT2D eigenvalue weighted by Crippen LogP contribution is 2.39. The Balaban J connectivity index is 1.19. The monoisotopic (exact) mass is 570 g/mol. The molecule has 3 saturated carbocycles. The second-order valence-electron chi connectivity index (χ2n) is 12.6. The van der Waals surface area contributed by atoms with Crippen LogP contribution in [-0.4, -0.2) is 45.4 Å². The molecule has 0 aliphatic heterocycles. The maximum atomic E-state index is 14.1. The topological polar surface area (TPSA) is 97.5 Å². The summed E-state index contributed by atoms with van der Waals surface area (Å²) in [6.45, 7) is 2.74. The molecule has 3 aliphatic rings. The summed E-state index contributed by atoms with van der Waals surface area (Å²) in [5, 5.41) is 14.0. The largest absolute Gasteiger partial charge is 0.496 e. The first-order valence-electron chi connectivity index (χ1n) is 15.6. The van der Waals surface area contributed by atoms with E-state index in [1.165, 1.54) is 24.0 Å². The van der Waals surface area contributed by atoms with Gasteiger partial charge in [0.2, 0.25) is 5.91 Å². The zero-order valence-electron chi connectivity index (χ0n) is 24.7. The normalized spacial score (nSPS) is 24.2. The Morgan fingerprint density at radius 3 is 2.36 bits per heavy atom. The molecule has 3 aliphatic carbocycles. The van der Waals surface area contributed by atoms with Crippen molar-refractivity contribution >= 4 is 17.7 Å². The molecule has 222 valence electrons. The Morgan fingerprint density at radius 2 is 1.69 bits per heavy atom. The fraction of sp³-hybridized carbons (Fsp3) is 0.529. The van der Waals surface area contributed by atoms with Crippen LogP contribution in [0.2, 0.25) is 0 Å². The molecule has 0 saturated heterocycles. The molecule has 0 bridgehead atoms. The van der Waals surface area contributed by atoms with Gasteiger partial charge in [-0.25, -0.2) is 4.98 Å². The molecule has 0 unspecified atom stereocenters. The molecular weight excluding hydrogens is 528 g/mol. The smallest absolute Gasteiger partial charge is 0.306 e. The van der Waals surface area contributed by atoms with Crippen LogP contribution in [-0.2, 0) is 9.59 Å². The van der Waals surface area contributed by atoms with Crippen LogP contribution in [0.15, 0.2) is 48.9 Å². The second kappa shape index (κ2) is 12.3. The van der Waals surface area contributed by atoms with E-state index in [4.69, 9.17) is 9.72 Å². The van der Waals surface area contributed by atoms with Crippen molar-refractivity contribution in [2.24, 2.45) is 17.8 Å². The zero-order chi connectivity index (χ0) is 29.2. The zero-order valence-corrected chi connectivity index (χ0v) is 24.7. The molecule has 0 spiro atoms. The van der Waals surface area contributed by atoms with Gasteiger partial charge in [0, 0.05) is 30.4 Å². The van der Waals surface area contributed by atoms with Crippen molar-refractivity contribution < 1.29 is 19.4 Å². The van der Waals surface area contributed by atoms with Crippen LogP contribution in [0.5, 0.6) is 5.75 Å². The predicted molar refractivity (Wildman–Crippen MR) is 162 cm³/mol. The van der Waals surface area contributed by atoms with Gasteiger partial charge in [0.05, 0.1) is 25.3 Å². The quantitative estimate of drug-likeness (QED) is 0.304.